The van der Waals surface area contributed by atoms with Crippen LogP contribution in [0.4, 0.5) is 0 Å². The molecule has 0 bridgehead atoms. The first-order valence-electron chi connectivity index (χ1n) is 15.8. The van der Waals surface area contributed by atoms with Crippen molar-refractivity contribution in [3.05, 3.63) is 23.5 Å². The Balaban J connectivity index is 1.61. The van der Waals surface area contributed by atoms with E-state index in [0.29, 0.717) is 17.4 Å². The van der Waals surface area contributed by atoms with Crippen LogP contribution in [0.3, 0.4) is 0 Å². The van der Waals surface area contributed by atoms with E-state index < -0.39 is 16.6 Å². The fourth-order valence-corrected chi connectivity index (χ4v) is 11.4. The maximum absolute atomic E-state index is 7.16. The third-order valence-electron chi connectivity index (χ3n) is 10.9. The predicted octanol–water partition coefficient (Wildman–Crippen LogP) is 10.2. The van der Waals surface area contributed by atoms with Gasteiger partial charge in [0, 0.05) is 0 Å². The van der Waals surface area contributed by atoms with Crippen LogP contribution in [-0.2, 0) is 8.85 Å². The van der Waals surface area contributed by atoms with Crippen LogP contribution in [0.15, 0.2) is 23.5 Å². The fraction of sp³-hybridized carbons (Fsp3) is 0.879. The van der Waals surface area contributed by atoms with Gasteiger partial charge in [0.25, 0.3) is 0 Å². The average molecular weight is 545 g/mol. The lowest BCUT2D eigenvalue weighted by atomic mass is 9.46. The van der Waals surface area contributed by atoms with Crippen molar-refractivity contribution in [2.24, 2.45) is 46.3 Å². The number of fused-ring (bicyclic) bond motifs is 5. The summed E-state index contributed by atoms with van der Waals surface area (Å²) in [4.78, 5) is 0. The van der Waals surface area contributed by atoms with Gasteiger partial charge in [0.05, 0.1) is 11.9 Å². The van der Waals surface area contributed by atoms with Gasteiger partial charge in [-0.1, -0.05) is 59.5 Å². The molecule has 4 aliphatic rings. The molecular formula is C33H60O2Si2. The fourth-order valence-electron chi connectivity index (χ4n) is 9.35. The van der Waals surface area contributed by atoms with Crippen molar-refractivity contribution >= 4 is 16.6 Å². The molecule has 0 N–H and O–H groups in total. The minimum absolute atomic E-state index is 0.276. The van der Waals surface area contributed by atoms with Crippen LogP contribution in [0, 0.1) is 46.3 Å². The van der Waals surface area contributed by atoms with E-state index >= 15 is 0 Å². The molecule has 212 valence electrons. The van der Waals surface area contributed by atoms with Gasteiger partial charge >= 0.3 is 0 Å². The molecule has 4 aliphatic carbocycles. The molecule has 37 heavy (non-hydrogen) atoms. The molecule has 0 radical (unpaired) electrons. The van der Waals surface area contributed by atoms with E-state index in [1.165, 1.54) is 44.9 Å². The molecule has 2 nitrogen and oxygen atoms in total. The van der Waals surface area contributed by atoms with Crippen molar-refractivity contribution in [3.63, 3.8) is 0 Å². The van der Waals surface area contributed by atoms with Gasteiger partial charge in [-0.2, -0.15) is 0 Å². The Morgan fingerprint density at radius 1 is 0.919 bits per heavy atom. The van der Waals surface area contributed by atoms with Crippen LogP contribution in [0.25, 0.3) is 0 Å². The highest BCUT2D eigenvalue weighted by molar-refractivity contribution is 6.70. The van der Waals surface area contributed by atoms with Gasteiger partial charge < -0.3 is 8.85 Å². The summed E-state index contributed by atoms with van der Waals surface area (Å²) in [6, 6.07) is 0. The summed E-state index contributed by atoms with van der Waals surface area (Å²) >= 11 is 0. The van der Waals surface area contributed by atoms with E-state index in [0.717, 1.165) is 48.2 Å². The molecule has 0 heterocycles. The Kier molecular flexibility index (Phi) is 8.48. The Hall–Kier alpha value is -0.326. The summed E-state index contributed by atoms with van der Waals surface area (Å²) in [6.07, 6.45) is 17.5. The Morgan fingerprint density at radius 3 is 2.24 bits per heavy atom. The lowest BCUT2D eigenvalue weighted by molar-refractivity contribution is -0.104. The van der Waals surface area contributed by atoms with Gasteiger partial charge in [-0.3, -0.25) is 0 Å². The summed E-state index contributed by atoms with van der Waals surface area (Å²) in [5, 5.41) is 0. The highest BCUT2D eigenvalue weighted by Crippen LogP contribution is 2.68. The second-order valence-corrected chi connectivity index (χ2v) is 25.3. The lowest BCUT2D eigenvalue weighted by Crippen LogP contribution is -2.57. The Morgan fingerprint density at radius 2 is 1.62 bits per heavy atom. The van der Waals surface area contributed by atoms with Crippen LogP contribution < -0.4 is 0 Å². The van der Waals surface area contributed by atoms with Crippen molar-refractivity contribution in [2.45, 2.75) is 138 Å². The summed E-state index contributed by atoms with van der Waals surface area (Å²) in [6.45, 7) is 26.8. The van der Waals surface area contributed by atoms with Crippen molar-refractivity contribution < 1.29 is 8.85 Å². The zero-order valence-corrected chi connectivity index (χ0v) is 28.4. The largest absolute Gasteiger partial charge is 0.545 e. The van der Waals surface area contributed by atoms with E-state index in [1.807, 2.05) is 0 Å². The number of hydrogen-bond acceptors (Lipinski definition) is 2. The third kappa shape index (κ3) is 6.22. The Bertz CT molecular complexity index is 878. The predicted molar refractivity (Wildman–Crippen MR) is 165 cm³/mol. The molecule has 4 heteroatoms. The van der Waals surface area contributed by atoms with E-state index in [2.05, 4.69) is 86.1 Å². The second kappa shape index (κ2) is 10.6. The van der Waals surface area contributed by atoms with E-state index in [9.17, 15) is 0 Å². The molecule has 0 aromatic carbocycles. The topological polar surface area (TPSA) is 18.5 Å². The number of rotatable bonds is 9. The molecule has 8 unspecified atom stereocenters. The summed E-state index contributed by atoms with van der Waals surface area (Å²) in [5.41, 5.74) is 2.40. The highest BCUT2D eigenvalue weighted by Gasteiger charge is 2.62. The molecule has 0 aromatic rings. The minimum atomic E-state index is -1.66. The molecule has 0 spiro atoms. The molecule has 0 aromatic heterocycles. The van der Waals surface area contributed by atoms with Crippen LogP contribution in [0.1, 0.15) is 92.4 Å². The van der Waals surface area contributed by atoms with Gasteiger partial charge in [-0.25, -0.2) is 0 Å². The van der Waals surface area contributed by atoms with Gasteiger partial charge in [0.15, 0.2) is 8.32 Å². The maximum atomic E-state index is 7.16. The molecular weight excluding hydrogens is 485 g/mol. The summed E-state index contributed by atoms with van der Waals surface area (Å²) in [5.74, 6) is 6.02. The van der Waals surface area contributed by atoms with Gasteiger partial charge in [-0.15, -0.1) is 0 Å². The quantitative estimate of drug-likeness (QED) is 0.269. The number of allylic oxidation sites excluding steroid dienone is 2. The first-order chi connectivity index (χ1) is 17.0. The van der Waals surface area contributed by atoms with Crippen molar-refractivity contribution in [1.82, 2.24) is 0 Å². The normalized spacial score (nSPS) is 38.9. The molecule has 3 saturated carbocycles. The van der Waals surface area contributed by atoms with Crippen molar-refractivity contribution in [1.29, 1.82) is 0 Å². The van der Waals surface area contributed by atoms with Gasteiger partial charge in [-0.05, 0) is 136 Å². The monoisotopic (exact) mass is 544 g/mol. The van der Waals surface area contributed by atoms with Crippen LogP contribution >= 0.6 is 0 Å². The van der Waals surface area contributed by atoms with E-state index in [-0.39, 0.29) is 5.41 Å². The molecule has 3 fully saturated rings. The first kappa shape index (κ1) is 29.7. The lowest BCUT2D eigenvalue weighted by Gasteiger charge is -2.61. The smallest absolute Gasteiger partial charge is 0.242 e. The van der Waals surface area contributed by atoms with Crippen molar-refractivity contribution in [3.8, 4) is 0 Å². The first-order valence-corrected chi connectivity index (χ1v) is 22.6. The summed E-state index contributed by atoms with van der Waals surface area (Å²) in [7, 11) is -3.27. The van der Waals surface area contributed by atoms with Crippen molar-refractivity contribution in [2.75, 3.05) is 0 Å². The van der Waals surface area contributed by atoms with Gasteiger partial charge in [0.1, 0.15) is 0 Å². The van der Waals surface area contributed by atoms with E-state index in [1.54, 1.807) is 5.57 Å². The van der Waals surface area contributed by atoms with Gasteiger partial charge in [0.2, 0.25) is 8.32 Å². The molecule has 0 saturated heterocycles. The van der Waals surface area contributed by atoms with E-state index in [4.69, 9.17) is 8.85 Å². The third-order valence-corrected chi connectivity index (χ3v) is 12.8. The minimum Gasteiger partial charge on any atom is -0.545 e. The zero-order valence-electron chi connectivity index (χ0n) is 26.4. The molecule has 4 rings (SSSR count). The van der Waals surface area contributed by atoms with Crippen LogP contribution in [-0.4, -0.2) is 22.7 Å². The van der Waals surface area contributed by atoms with Crippen LogP contribution in [0.5, 0.6) is 0 Å². The number of hydrogen-bond donors (Lipinski definition) is 0. The maximum Gasteiger partial charge on any atom is 0.242 e. The zero-order chi connectivity index (χ0) is 27.4. The molecule has 0 amide bonds. The second-order valence-electron chi connectivity index (χ2n) is 16.4. The summed E-state index contributed by atoms with van der Waals surface area (Å²) < 4.78 is 13.7. The highest BCUT2D eigenvalue weighted by atomic mass is 28.4. The molecule has 8 atom stereocenters. The standard InChI is InChI=1S/C33H60O2Si2/c1-23(2)13-12-14-24(3)27-15-16-28-31-29(18-20-33(27,28)5)32(4)19-17-26(34-36(6,7)8)21-25(32)22-30(31)35-37(9,10)11/h17,21,23-24,27-31H,12-16,18-20,22H2,1-11H3. The Labute approximate surface area is 232 Å². The molecule has 0 aliphatic heterocycles. The van der Waals surface area contributed by atoms with Crippen LogP contribution in [0.2, 0.25) is 39.3 Å². The SMILES string of the molecule is CC(C)CCCC(C)C1CCC2C3C(O[Si](C)(C)C)CC4=CC(O[Si](C)(C)C)=CCC4(C)C3CCC12C. The average Bonchev–Trinajstić information content (AvgIpc) is 3.09.